The molecule has 0 aromatic carbocycles. The molecule has 1 aliphatic heterocycles. The Morgan fingerprint density at radius 1 is 1.29 bits per heavy atom. The molecule has 7 heteroatoms. The second kappa shape index (κ2) is 6.60. The summed E-state index contributed by atoms with van der Waals surface area (Å²) in [6.45, 7) is 3.74. The fourth-order valence-corrected chi connectivity index (χ4v) is 2.61. The molecule has 0 saturated carbocycles. The van der Waals surface area contributed by atoms with Gasteiger partial charge < -0.3 is 16.0 Å². The van der Waals surface area contributed by atoms with Gasteiger partial charge in [-0.15, -0.1) is 0 Å². The van der Waals surface area contributed by atoms with E-state index in [4.69, 9.17) is 5.73 Å². The fourth-order valence-electron chi connectivity index (χ4n) is 2.61. The fraction of sp³-hybridized carbons (Fsp3) is 0.643. The van der Waals surface area contributed by atoms with E-state index in [0.29, 0.717) is 30.0 Å². The van der Waals surface area contributed by atoms with Gasteiger partial charge in [-0.1, -0.05) is 0 Å². The van der Waals surface area contributed by atoms with Crippen molar-refractivity contribution >= 4 is 17.5 Å². The first-order valence-electron chi connectivity index (χ1n) is 7.35. The van der Waals surface area contributed by atoms with Crippen molar-refractivity contribution in [1.82, 2.24) is 20.0 Å². The van der Waals surface area contributed by atoms with Crippen LogP contribution in [0.2, 0.25) is 0 Å². The maximum absolute atomic E-state index is 12.1. The van der Waals surface area contributed by atoms with Crippen LogP contribution < -0.4 is 11.1 Å². The van der Waals surface area contributed by atoms with Crippen molar-refractivity contribution in [3.05, 3.63) is 11.4 Å². The van der Waals surface area contributed by atoms with Gasteiger partial charge >= 0.3 is 0 Å². The summed E-state index contributed by atoms with van der Waals surface area (Å²) in [5.41, 5.74) is 7.20. The number of aromatic nitrogens is 2. The molecular weight excluding hydrogens is 270 g/mol. The molecule has 0 unspecified atom stereocenters. The Kier molecular flexibility index (Phi) is 4.82. The summed E-state index contributed by atoms with van der Waals surface area (Å²) >= 11 is 0. The topological polar surface area (TPSA) is 93.2 Å². The van der Waals surface area contributed by atoms with E-state index >= 15 is 0 Å². The van der Waals surface area contributed by atoms with E-state index in [0.717, 1.165) is 25.9 Å². The van der Waals surface area contributed by atoms with E-state index in [1.165, 1.54) is 11.1 Å². The molecule has 2 rings (SSSR count). The van der Waals surface area contributed by atoms with Gasteiger partial charge in [0.1, 0.15) is 5.69 Å². The number of nitrogen functional groups attached to an aromatic ring is 1. The zero-order valence-electron chi connectivity index (χ0n) is 12.7. The number of amides is 2. The van der Waals surface area contributed by atoms with E-state index in [2.05, 4.69) is 10.4 Å². The van der Waals surface area contributed by atoms with Gasteiger partial charge in [-0.3, -0.25) is 14.3 Å². The number of piperidine rings is 1. The Labute approximate surface area is 124 Å². The van der Waals surface area contributed by atoms with Gasteiger partial charge in [0.05, 0.1) is 11.4 Å². The number of nitrogens with zero attached hydrogens (tertiary/aromatic N) is 3. The SMILES string of the molecule is Cc1nn(C)c(C(=O)NCCC(=O)N2CCCCC2)c1N. The molecule has 0 atom stereocenters. The minimum Gasteiger partial charge on any atom is -0.395 e. The predicted octanol–water partition coefficient (Wildman–Crippen LogP) is 0.443. The highest BCUT2D eigenvalue weighted by atomic mass is 16.2. The van der Waals surface area contributed by atoms with Crippen LogP contribution in [0.25, 0.3) is 0 Å². The molecule has 0 bridgehead atoms. The van der Waals surface area contributed by atoms with Gasteiger partial charge in [0.2, 0.25) is 5.91 Å². The molecule has 2 heterocycles. The Bertz CT molecular complexity index is 532. The summed E-state index contributed by atoms with van der Waals surface area (Å²) in [7, 11) is 1.68. The summed E-state index contributed by atoms with van der Waals surface area (Å²) < 4.78 is 1.46. The minimum atomic E-state index is -0.290. The molecule has 7 nitrogen and oxygen atoms in total. The monoisotopic (exact) mass is 293 g/mol. The lowest BCUT2D eigenvalue weighted by atomic mass is 10.1. The molecule has 2 amide bonds. The summed E-state index contributed by atoms with van der Waals surface area (Å²) in [5.74, 6) is -0.189. The van der Waals surface area contributed by atoms with Gasteiger partial charge in [0, 0.05) is 33.1 Å². The lowest BCUT2D eigenvalue weighted by molar-refractivity contribution is -0.131. The normalized spacial score (nSPS) is 15.0. The second-order valence-electron chi connectivity index (χ2n) is 5.42. The summed E-state index contributed by atoms with van der Waals surface area (Å²) in [5, 5.41) is 6.84. The van der Waals surface area contributed by atoms with Gasteiger partial charge in [0.15, 0.2) is 0 Å². The number of anilines is 1. The number of hydrogen-bond acceptors (Lipinski definition) is 4. The standard InChI is InChI=1S/C14H23N5O2/c1-10-12(15)13(18(2)17-10)14(21)16-7-6-11(20)19-8-4-3-5-9-19/h3-9,15H2,1-2H3,(H,16,21). The number of carbonyl (C=O) groups is 2. The number of nitrogens with one attached hydrogen (secondary N) is 1. The van der Waals surface area contributed by atoms with Crippen LogP contribution in [-0.2, 0) is 11.8 Å². The van der Waals surface area contributed by atoms with Crippen LogP contribution in [0.1, 0.15) is 41.9 Å². The van der Waals surface area contributed by atoms with Gasteiger partial charge in [-0.2, -0.15) is 5.10 Å². The highest BCUT2D eigenvalue weighted by Gasteiger charge is 2.19. The zero-order valence-corrected chi connectivity index (χ0v) is 12.7. The van der Waals surface area contributed by atoms with Crippen LogP contribution in [0.15, 0.2) is 0 Å². The number of carbonyl (C=O) groups excluding carboxylic acids is 2. The van der Waals surface area contributed by atoms with Gasteiger partial charge in [-0.25, -0.2) is 0 Å². The molecule has 116 valence electrons. The van der Waals surface area contributed by atoms with E-state index in [1.54, 1.807) is 14.0 Å². The van der Waals surface area contributed by atoms with Crippen LogP contribution in [0, 0.1) is 6.92 Å². The molecule has 0 radical (unpaired) electrons. The number of hydrogen-bond donors (Lipinski definition) is 2. The number of likely N-dealkylation sites (tertiary alicyclic amines) is 1. The number of rotatable bonds is 4. The quantitative estimate of drug-likeness (QED) is 0.842. The molecule has 0 aliphatic carbocycles. The summed E-state index contributed by atoms with van der Waals surface area (Å²) in [4.78, 5) is 25.9. The highest BCUT2D eigenvalue weighted by Crippen LogP contribution is 2.15. The Hall–Kier alpha value is -2.05. The van der Waals surface area contributed by atoms with Gasteiger partial charge in [-0.05, 0) is 26.2 Å². The third kappa shape index (κ3) is 3.53. The van der Waals surface area contributed by atoms with Crippen molar-refractivity contribution in [1.29, 1.82) is 0 Å². The van der Waals surface area contributed by atoms with Crippen molar-refractivity contribution in [2.75, 3.05) is 25.4 Å². The van der Waals surface area contributed by atoms with Crippen molar-refractivity contribution in [2.45, 2.75) is 32.6 Å². The Morgan fingerprint density at radius 3 is 2.52 bits per heavy atom. The minimum absolute atomic E-state index is 0.101. The summed E-state index contributed by atoms with van der Waals surface area (Å²) in [6, 6.07) is 0. The molecule has 1 aromatic rings. The first kappa shape index (κ1) is 15.3. The van der Waals surface area contributed by atoms with Gasteiger partial charge in [0.25, 0.3) is 5.91 Å². The molecule has 1 aromatic heterocycles. The maximum atomic E-state index is 12.1. The predicted molar refractivity (Wildman–Crippen MR) is 79.7 cm³/mol. The van der Waals surface area contributed by atoms with E-state index in [9.17, 15) is 9.59 Å². The molecule has 1 fully saturated rings. The molecule has 1 saturated heterocycles. The lowest BCUT2D eigenvalue weighted by Gasteiger charge is -2.26. The van der Waals surface area contributed by atoms with Crippen LogP contribution >= 0.6 is 0 Å². The molecule has 3 N–H and O–H groups in total. The van der Waals surface area contributed by atoms with E-state index in [-0.39, 0.29) is 11.8 Å². The molecule has 1 aliphatic rings. The Balaban J connectivity index is 1.82. The molecule has 21 heavy (non-hydrogen) atoms. The zero-order chi connectivity index (χ0) is 15.4. The largest absolute Gasteiger partial charge is 0.395 e. The van der Waals surface area contributed by atoms with Crippen molar-refractivity contribution in [3.8, 4) is 0 Å². The first-order chi connectivity index (χ1) is 10.0. The average molecular weight is 293 g/mol. The van der Waals surface area contributed by atoms with E-state index in [1.807, 2.05) is 4.90 Å². The van der Waals surface area contributed by atoms with Crippen molar-refractivity contribution < 1.29 is 9.59 Å². The molecule has 0 spiro atoms. The first-order valence-corrected chi connectivity index (χ1v) is 7.35. The lowest BCUT2D eigenvalue weighted by Crippen LogP contribution is -2.38. The van der Waals surface area contributed by atoms with Crippen LogP contribution in [-0.4, -0.2) is 46.1 Å². The van der Waals surface area contributed by atoms with Crippen LogP contribution in [0.4, 0.5) is 5.69 Å². The van der Waals surface area contributed by atoms with Crippen LogP contribution in [0.5, 0.6) is 0 Å². The number of aryl methyl sites for hydroxylation is 2. The smallest absolute Gasteiger partial charge is 0.271 e. The van der Waals surface area contributed by atoms with Crippen molar-refractivity contribution in [3.63, 3.8) is 0 Å². The third-order valence-corrected chi connectivity index (χ3v) is 3.82. The van der Waals surface area contributed by atoms with E-state index < -0.39 is 0 Å². The average Bonchev–Trinajstić information content (AvgIpc) is 2.73. The summed E-state index contributed by atoms with van der Waals surface area (Å²) in [6.07, 6.45) is 3.66. The highest BCUT2D eigenvalue weighted by molar-refractivity contribution is 5.98. The second-order valence-corrected chi connectivity index (χ2v) is 5.42. The third-order valence-electron chi connectivity index (χ3n) is 3.82. The van der Waals surface area contributed by atoms with Crippen molar-refractivity contribution in [2.24, 2.45) is 7.05 Å². The number of nitrogens with two attached hydrogens (primary N) is 1. The Morgan fingerprint density at radius 2 is 1.95 bits per heavy atom. The van der Waals surface area contributed by atoms with Crippen LogP contribution in [0.3, 0.4) is 0 Å². The molecular formula is C14H23N5O2. The maximum Gasteiger partial charge on any atom is 0.271 e.